The van der Waals surface area contributed by atoms with Crippen LogP contribution in [-0.4, -0.2) is 102 Å². The first-order valence-corrected chi connectivity index (χ1v) is 21.3. The molecule has 4 N–H and O–H groups in total. The molecule has 1 saturated heterocycles. The van der Waals surface area contributed by atoms with E-state index < -0.39 is 57.3 Å². The number of amides is 5. The largest absolute Gasteiger partial charge is 0.347 e. The second-order valence-electron chi connectivity index (χ2n) is 16.5. The van der Waals surface area contributed by atoms with E-state index in [1.807, 2.05) is 6.92 Å². The highest BCUT2D eigenvalue weighted by atomic mass is 32.2. The topological polar surface area (TPSA) is 174 Å². The molecule has 13 nitrogen and oxygen atoms in total. The molecule has 5 atom stereocenters. The average Bonchev–Trinajstić information content (AvgIpc) is 3.94. The smallest absolute Gasteiger partial charge is 0.315 e. The maximum Gasteiger partial charge on any atom is 0.315 e. The third-order valence-corrected chi connectivity index (χ3v) is 14.7. The summed E-state index contributed by atoms with van der Waals surface area (Å²) in [5.74, 6) is -2.47. The van der Waals surface area contributed by atoms with Gasteiger partial charge in [0.05, 0.1) is 17.3 Å². The van der Waals surface area contributed by atoms with Gasteiger partial charge in [-0.3, -0.25) is 19.2 Å². The summed E-state index contributed by atoms with van der Waals surface area (Å²) in [6.07, 6.45) is 10.6. The molecule has 4 saturated carbocycles. The number of sulfonamides is 1. The van der Waals surface area contributed by atoms with Crippen LogP contribution in [0.1, 0.15) is 125 Å². The summed E-state index contributed by atoms with van der Waals surface area (Å²) >= 11 is 0. The zero-order valence-electron chi connectivity index (χ0n) is 31.4. The second kappa shape index (κ2) is 16.1. The van der Waals surface area contributed by atoms with Gasteiger partial charge in [-0.2, -0.15) is 0 Å². The van der Waals surface area contributed by atoms with Crippen LogP contribution in [0.4, 0.5) is 4.79 Å². The van der Waals surface area contributed by atoms with Crippen LogP contribution in [0, 0.1) is 23.2 Å². The van der Waals surface area contributed by atoms with Gasteiger partial charge in [0.15, 0.2) is 0 Å². The fourth-order valence-electron chi connectivity index (χ4n) is 9.31. The molecule has 288 valence electrons. The van der Waals surface area contributed by atoms with Crippen molar-refractivity contribution < 1.29 is 32.4 Å². The number of hydrogen-bond donors (Lipinski definition) is 4. The Morgan fingerprint density at radius 1 is 0.863 bits per heavy atom. The quantitative estimate of drug-likeness (QED) is 0.176. The maximum absolute atomic E-state index is 14.7. The van der Waals surface area contributed by atoms with Crippen molar-refractivity contribution in [1.29, 1.82) is 0 Å². The van der Waals surface area contributed by atoms with Crippen LogP contribution in [0.3, 0.4) is 0 Å². The minimum absolute atomic E-state index is 0.0107. The third kappa shape index (κ3) is 8.91. The molecule has 0 aromatic rings. The number of ketones is 1. The van der Waals surface area contributed by atoms with Crippen LogP contribution in [0.15, 0.2) is 0 Å². The van der Waals surface area contributed by atoms with Crippen LogP contribution in [0.25, 0.3) is 0 Å². The molecule has 51 heavy (non-hydrogen) atoms. The number of carbonyl (C=O) groups excluding carboxylic acids is 5. The van der Waals surface area contributed by atoms with Gasteiger partial charge in [0, 0.05) is 25.7 Å². The van der Waals surface area contributed by atoms with Crippen LogP contribution in [0.2, 0.25) is 0 Å². The van der Waals surface area contributed by atoms with E-state index in [9.17, 15) is 32.4 Å². The van der Waals surface area contributed by atoms with Crippen molar-refractivity contribution in [2.24, 2.45) is 23.2 Å². The van der Waals surface area contributed by atoms with Gasteiger partial charge in [0.25, 0.3) is 5.91 Å². The Morgan fingerprint density at radius 2 is 1.49 bits per heavy atom. The van der Waals surface area contributed by atoms with Crippen molar-refractivity contribution >= 4 is 39.6 Å². The van der Waals surface area contributed by atoms with E-state index in [2.05, 4.69) is 35.1 Å². The minimum Gasteiger partial charge on any atom is -0.347 e. The van der Waals surface area contributed by atoms with Crippen molar-refractivity contribution in [2.45, 2.75) is 154 Å². The monoisotopic (exact) mass is 734 g/mol. The van der Waals surface area contributed by atoms with Crippen molar-refractivity contribution in [3.05, 3.63) is 0 Å². The summed E-state index contributed by atoms with van der Waals surface area (Å²) in [5.41, 5.74) is -1.13. The fraction of sp³-hybridized carbons (Fsp3) is 0.865. The van der Waals surface area contributed by atoms with E-state index in [0.29, 0.717) is 45.3 Å². The Balaban J connectivity index is 1.35. The molecule has 1 aliphatic heterocycles. The molecule has 4 aliphatic carbocycles. The molecule has 0 radical (unpaired) electrons. The van der Waals surface area contributed by atoms with Gasteiger partial charge in [0.2, 0.25) is 27.6 Å². The number of likely N-dealkylation sites (tertiary alicyclic amines) is 1. The Kier molecular flexibility index (Phi) is 12.5. The molecule has 0 bridgehead atoms. The molecule has 0 unspecified atom stereocenters. The molecular weight excluding hydrogens is 673 g/mol. The molecule has 1 heterocycles. The van der Waals surface area contributed by atoms with Crippen LogP contribution >= 0.6 is 0 Å². The summed E-state index contributed by atoms with van der Waals surface area (Å²) in [6, 6.07) is -3.26. The van der Waals surface area contributed by atoms with Gasteiger partial charge in [-0.1, -0.05) is 79.6 Å². The number of carbonyl (C=O) groups is 5. The molecular formula is C37H62N6O7S. The molecule has 5 amide bonds. The first-order valence-electron chi connectivity index (χ1n) is 19.7. The van der Waals surface area contributed by atoms with Crippen molar-refractivity contribution in [2.75, 3.05) is 25.4 Å². The number of Topliss-reactive ketones (excluding diaryl/α,β-unsaturated/α-hetero) is 1. The summed E-state index contributed by atoms with van der Waals surface area (Å²) in [7, 11) is -3.64. The van der Waals surface area contributed by atoms with Crippen molar-refractivity contribution in [1.82, 2.24) is 30.5 Å². The first-order chi connectivity index (χ1) is 24.2. The van der Waals surface area contributed by atoms with Crippen LogP contribution in [0.5, 0.6) is 0 Å². The standard InChI is InChI=1S/C37H62N6O7S/c1-6-15-27(31(44)33(46)38-25-18-19-25)39-32(45)30-28-26(36(28,4)5)22-43(30)34(47)29(24-16-11-9-12-17-24)40-35(48)41-37(20-13-10-14-21-37)23-51(49,50)42(7-2)8-3/h24-30H,6-23H2,1-5H3,(H,38,46)(H,39,45)(H2,40,41,48)/t26-,27-,28-,29-,30-/m0/s1. The Bertz CT molecular complexity index is 1420. The van der Waals surface area contributed by atoms with Gasteiger partial charge in [0.1, 0.15) is 12.1 Å². The Labute approximate surface area is 304 Å². The first kappa shape index (κ1) is 39.5. The van der Waals surface area contributed by atoms with Gasteiger partial charge in [-0.25, -0.2) is 17.5 Å². The number of urea groups is 1. The summed E-state index contributed by atoms with van der Waals surface area (Å²) < 4.78 is 28.3. The predicted octanol–water partition coefficient (Wildman–Crippen LogP) is 3.22. The lowest BCUT2D eigenvalue weighted by molar-refractivity contribution is -0.145. The van der Waals surface area contributed by atoms with E-state index in [4.69, 9.17) is 0 Å². The SMILES string of the molecule is CCC[C@H](NC(=O)[C@@H]1[C@@H]2[C@H](CN1C(=O)[C@@H](NC(=O)NC1(CS(=O)(=O)N(CC)CC)CCCCC1)C1CCCCC1)C2(C)C)C(=O)C(=O)NC1CC1. The molecule has 5 aliphatic rings. The number of nitrogens with one attached hydrogen (secondary N) is 4. The van der Waals surface area contributed by atoms with E-state index in [0.717, 1.165) is 64.2 Å². The molecule has 14 heteroatoms. The zero-order valence-corrected chi connectivity index (χ0v) is 32.2. The second-order valence-corrected chi connectivity index (χ2v) is 18.5. The molecule has 0 aromatic heterocycles. The van der Waals surface area contributed by atoms with E-state index in [1.165, 1.54) is 4.31 Å². The summed E-state index contributed by atoms with van der Waals surface area (Å²) in [4.78, 5) is 70.2. The van der Waals surface area contributed by atoms with Crippen molar-refractivity contribution in [3.8, 4) is 0 Å². The zero-order chi connectivity index (χ0) is 37.1. The lowest BCUT2D eigenvalue weighted by Crippen LogP contribution is -2.63. The highest BCUT2D eigenvalue weighted by Gasteiger charge is 2.69. The van der Waals surface area contributed by atoms with Crippen LogP contribution in [-0.2, 0) is 29.2 Å². The maximum atomic E-state index is 14.7. The number of fused-ring (bicyclic) bond motifs is 1. The lowest BCUT2D eigenvalue weighted by atomic mass is 9.82. The number of piperidine rings is 1. The van der Waals surface area contributed by atoms with Gasteiger partial charge < -0.3 is 26.2 Å². The van der Waals surface area contributed by atoms with Crippen LogP contribution < -0.4 is 21.3 Å². The number of rotatable bonds is 16. The highest BCUT2D eigenvalue weighted by Crippen LogP contribution is 2.65. The van der Waals surface area contributed by atoms with Crippen molar-refractivity contribution in [3.63, 3.8) is 0 Å². The van der Waals surface area contributed by atoms with E-state index >= 15 is 0 Å². The molecule has 5 rings (SSSR count). The average molecular weight is 735 g/mol. The predicted molar refractivity (Wildman–Crippen MR) is 194 cm³/mol. The normalized spacial score (nSPS) is 26.8. The summed E-state index contributed by atoms with van der Waals surface area (Å²) in [5, 5.41) is 11.7. The summed E-state index contributed by atoms with van der Waals surface area (Å²) in [6.45, 7) is 10.7. The van der Waals surface area contributed by atoms with Gasteiger partial charge >= 0.3 is 6.03 Å². The van der Waals surface area contributed by atoms with E-state index in [1.54, 1.807) is 18.7 Å². The Morgan fingerprint density at radius 3 is 2.08 bits per heavy atom. The fourth-order valence-corrected chi connectivity index (χ4v) is 11.3. The number of nitrogens with zero attached hydrogens (tertiary/aromatic N) is 2. The van der Waals surface area contributed by atoms with E-state index in [-0.39, 0.29) is 40.9 Å². The van der Waals surface area contributed by atoms with Gasteiger partial charge in [-0.05, 0) is 68.1 Å². The minimum atomic E-state index is -3.64. The third-order valence-electron chi connectivity index (χ3n) is 12.5. The van der Waals surface area contributed by atoms with Gasteiger partial charge in [-0.15, -0.1) is 0 Å². The molecule has 5 fully saturated rings. The lowest BCUT2D eigenvalue weighted by Gasteiger charge is -2.40. The molecule has 0 spiro atoms. The highest BCUT2D eigenvalue weighted by molar-refractivity contribution is 7.89. The number of hydrogen-bond acceptors (Lipinski definition) is 7. The Hall–Kier alpha value is -2.74. The molecule has 0 aromatic carbocycles.